The lowest BCUT2D eigenvalue weighted by atomic mass is 9.94. The first-order valence-electron chi connectivity index (χ1n) is 5.50. The summed E-state index contributed by atoms with van der Waals surface area (Å²) in [5, 5.41) is 2.93. The quantitative estimate of drug-likeness (QED) is 0.673. The second-order valence-corrected chi connectivity index (χ2v) is 5.27. The van der Waals surface area contributed by atoms with Crippen LogP contribution in [0.2, 0.25) is 0 Å². The molecule has 0 heterocycles. The van der Waals surface area contributed by atoms with Gasteiger partial charge in [0.1, 0.15) is 0 Å². The summed E-state index contributed by atoms with van der Waals surface area (Å²) < 4.78 is 0. The number of carbonyl (C=O) groups excluding carboxylic acids is 1. The summed E-state index contributed by atoms with van der Waals surface area (Å²) >= 11 is 4.92. The molecule has 0 saturated carbocycles. The van der Waals surface area contributed by atoms with Gasteiger partial charge in [-0.1, -0.05) is 26.1 Å². The molecule has 0 spiro atoms. The molecule has 0 aromatic heterocycles. The summed E-state index contributed by atoms with van der Waals surface area (Å²) in [6, 6.07) is 0.0955. The second kappa shape index (κ2) is 6.81. The van der Waals surface area contributed by atoms with Crippen LogP contribution in [-0.2, 0) is 4.79 Å². The third kappa shape index (κ3) is 5.42. The average Bonchev–Trinajstić information content (AvgIpc) is 1.98. The van der Waals surface area contributed by atoms with Crippen molar-refractivity contribution in [2.45, 2.75) is 26.8 Å². The third-order valence-corrected chi connectivity index (χ3v) is 2.54. The topological polar surface area (TPSA) is 58.4 Å². The molecule has 5 heteroatoms. The lowest BCUT2D eigenvalue weighted by Gasteiger charge is -2.23. The van der Waals surface area contributed by atoms with Gasteiger partial charge in [-0.3, -0.25) is 4.79 Å². The van der Waals surface area contributed by atoms with Gasteiger partial charge < -0.3 is 16.0 Å². The monoisotopic (exact) mass is 245 g/mol. The van der Waals surface area contributed by atoms with E-state index in [1.54, 1.807) is 0 Å². The van der Waals surface area contributed by atoms with Crippen LogP contribution in [0.1, 0.15) is 20.8 Å². The molecule has 0 aliphatic carbocycles. The van der Waals surface area contributed by atoms with Crippen molar-refractivity contribution in [1.29, 1.82) is 0 Å². The van der Waals surface area contributed by atoms with Gasteiger partial charge in [0.15, 0.2) is 0 Å². The number of thiocarbonyl (C=S) groups is 1. The van der Waals surface area contributed by atoms with Crippen LogP contribution in [0.4, 0.5) is 0 Å². The fourth-order valence-corrected chi connectivity index (χ4v) is 2.07. The van der Waals surface area contributed by atoms with Crippen LogP contribution in [0.3, 0.4) is 0 Å². The van der Waals surface area contributed by atoms with Crippen LogP contribution in [-0.4, -0.2) is 42.5 Å². The number of hydrogen-bond acceptors (Lipinski definition) is 3. The molecule has 2 unspecified atom stereocenters. The van der Waals surface area contributed by atoms with E-state index in [-0.39, 0.29) is 28.8 Å². The van der Waals surface area contributed by atoms with E-state index in [2.05, 4.69) is 5.32 Å². The maximum Gasteiger partial charge on any atom is 0.230 e. The predicted octanol–water partition coefficient (Wildman–Crippen LogP) is 0.611. The molecule has 0 aliphatic heterocycles. The van der Waals surface area contributed by atoms with Gasteiger partial charge in [0.05, 0.1) is 10.9 Å². The molecule has 0 aromatic rings. The van der Waals surface area contributed by atoms with Crippen LogP contribution < -0.4 is 11.1 Å². The van der Waals surface area contributed by atoms with Crippen LogP contribution in [0, 0.1) is 11.8 Å². The summed E-state index contributed by atoms with van der Waals surface area (Å²) in [4.78, 5) is 14.2. The second-order valence-electron chi connectivity index (χ2n) is 4.80. The number of likely N-dealkylation sites (N-methyl/N-ethyl adjacent to an activating group) is 1. The van der Waals surface area contributed by atoms with Crippen molar-refractivity contribution < 1.29 is 4.79 Å². The van der Waals surface area contributed by atoms with Gasteiger partial charge in [0.2, 0.25) is 5.91 Å². The van der Waals surface area contributed by atoms with Crippen LogP contribution in [0.15, 0.2) is 0 Å². The molecular formula is C11H23N3OS. The Bertz CT molecular complexity index is 254. The van der Waals surface area contributed by atoms with E-state index in [0.717, 1.165) is 6.54 Å². The Labute approximate surface area is 104 Å². The van der Waals surface area contributed by atoms with E-state index in [9.17, 15) is 4.79 Å². The molecule has 94 valence electrons. The fourth-order valence-electron chi connectivity index (χ4n) is 1.69. The summed E-state index contributed by atoms with van der Waals surface area (Å²) in [6.07, 6.45) is 0. The van der Waals surface area contributed by atoms with Gasteiger partial charge in [-0.15, -0.1) is 0 Å². The van der Waals surface area contributed by atoms with E-state index < -0.39 is 0 Å². The first kappa shape index (κ1) is 15.3. The van der Waals surface area contributed by atoms with E-state index in [4.69, 9.17) is 18.0 Å². The Kier molecular flexibility index (Phi) is 6.52. The minimum atomic E-state index is -0.375. The molecule has 3 N–H and O–H groups in total. The zero-order chi connectivity index (χ0) is 12.9. The molecule has 2 atom stereocenters. The smallest absolute Gasteiger partial charge is 0.230 e. The molecule has 0 rings (SSSR count). The van der Waals surface area contributed by atoms with E-state index in [1.165, 1.54) is 0 Å². The highest BCUT2D eigenvalue weighted by Crippen LogP contribution is 2.11. The van der Waals surface area contributed by atoms with E-state index in [1.807, 2.05) is 39.8 Å². The number of amides is 1. The first-order valence-corrected chi connectivity index (χ1v) is 5.91. The summed E-state index contributed by atoms with van der Waals surface area (Å²) in [6.45, 7) is 6.66. The highest BCUT2D eigenvalue weighted by Gasteiger charge is 2.25. The van der Waals surface area contributed by atoms with Crippen molar-refractivity contribution in [1.82, 2.24) is 10.2 Å². The zero-order valence-electron chi connectivity index (χ0n) is 10.8. The van der Waals surface area contributed by atoms with Crippen molar-refractivity contribution in [3.8, 4) is 0 Å². The Balaban J connectivity index is 4.37. The highest BCUT2D eigenvalue weighted by molar-refractivity contribution is 7.80. The SMILES string of the molecule is CC(CN(C)C)NC(=O)C(C(N)=S)C(C)C. The molecular weight excluding hydrogens is 222 g/mol. The van der Waals surface area contributed by atoms with Gasteiger partial charge in [0.25, 0.3) is 0 Å². The maximum atomic E-state index is 11.9. The maximum absolute atomic E-state index is 11.9. The van der Waals surface area contributed by atoms with Crippen molar-refractivity contribution in [2.75, 3.05) is 20.6 Å². The molecule has 0 bridgehead atoms. The van der Waals surface area contributed by atoms with Crippen molar-refractivity contribution >= 4 is 23.1 Å². The molecule has 1 amide bonds. The first-order chi connectivity index (χ1) is 7.25. The molecule has 0 aromatic carbocycles. The van der Waals surface area contributed by atoms with Gasteiger partial charge in [-0.05, 0) is 26.9 Å². The summed E-state index contributed by atoms with van der Waals surface area (Å²) in [5.74, 6) is -0.319. The number of hydrogen-bond donors (Lipinski definition) is 2. The lowest BCUT2D eigenvalue weighted by Crippen LogP contribution is -2.46. The van der Waals surface area contributed by atoms with Crippen LogP contribution in [0.5, 0.6) is 0 Å². The standard InChI is InChI=1S/C11H23N3OS/c1-7(2)9(10(12)16)11(15)13-8(3)6-14(4)5/h7-9H,6H2,1-5H3,(H2,12,16)(H,13,15). The van der Waals surface area contributed by atoms with Gasteiger partial charge in [0, 0.05) is 12.6 Å². The van der Waals surface area contributed by atoms with E-state index >= 15 is 0 Å². The van der Waals surface area contributed by atoms with E-state index in [0.29, 0.717) is 0 Å². The number of nitrogens with zero attached hydrogens (tertiary/aromatic N) is 1. The molecule has 0 saturated heterocycles. The van der Waals surface area contributed by atoms with Crippen molar-refractivity contribution in [3.63, 3.8) is 0 Å². The van der Waals surface area contributed by atoms with Crippen LogP contribution in [0.25, 0.3) is 0 Å². The van der Waals surface area contributed by atoms with Crippen molar-refractivity contribution in [3.05, 3.63) is 0 Å². The molecule has 16 heavy (non-hydrogen) atoms. The number of rotatable bonds is 6. The highest BCUT2D eigenvalue weighted by atomic mass is 32.1. The average molecular weight is 245 g/mol. The minimum absolute atomic E-state index is 0.0724. The molecule has 0 radical (unpaired) electrons. The zero-order valence-corrected chi connectivity index (χ0v) is 11.6. The predicted molar refractivity (Wildman–Crippen MR) is 71.3 cm³/mol. The van der Waals surface area contributed by atoms with Gasteiger partial charge in [-0.2, -0.15) is 0 Å². The Morgan fingerprint density at radius 3 is 2.19 bits per heavy atom. The number of carbonyl (C=O) groups is 1. The van der Waals surface area contributed by atoms with Crippen molar-refractivity contribution in [2.24, 2.45) is 17.6 Å². The lowest BCUT2D eigenvalue weighted by molar-refractivity contribution is -0.124. The third-order valence-electron chi connectivity index (χ3n) is 2.28. The molecule has 4 nitrogen and oxygen atoms in total. The largest absolute Gasteiger partial charge is 0.393 e. The Morgan fingerprint density at radius 1 is 1.38 bits per heavy atom. The minimum Gasteiger partial charge on any atom is -0.393 e. The number of nitrogens with two attached hydrogens (primary N) is 1. The summed E-state index contributed by atoms with van der Waals surface area (Å²) in [5.41, 5.74) is 5.58. The molecule has 0 aliphatic rings. The normalized spacial score (nSPS) is 14.9. The Morgan fingerprint density at radius 2 is 1.88 bits per heavy atom. The Hall–Kier alpha value is -0.680. The fraction of sp³-hybridized carbons (Fsp3) is 0.818. The van der Waals surface area contributed by atoms with Gasteiger partial charge >= 0.3 is 0 Å². The summed E-state index contributed by atoms with van der Waals surface area (Å²) in [7, 11) is 3.94. The molecule has 0 fully saturated rings. The number of nitrogens with one attached hydrogen (secondary N) is 1. The van der Waals surface area contributed by atoms with Crippen LogP contribution >= 0.6 is 12.2 Å². The van der Waals surface area contributed by atoms with Gasteiger partial charge in [-0.25, -0.2) is 0 Å².